The molecule has 0 fully saturated rings. The smallest absolute Gasteiger partial charge is 0.0804 e. The van der Waals surface area contributed by atoms with Gasteiger partial charge in [-0.25, -0.2) is 0 Å². The molecule has 1 nitrogen and oxygen atoms in total. The van der Waals surface area contributed by atoms with Crippen molar-refractivity contribution < 1.29 is 5.11 Å². The second kappa shape index (κ2) is 9.39. The Bertz CT molecular complexity index is 362. The summed E-state index contributed by atoms with van der Waals surface area (Å²) in [4.78, 5) is 0. The fourth-order valence-corrected chi connectivity index (χ4v) is 2.63. The Kier molecular flexibility index (Phi) is 8.16. The Balaban J connectivity index is 2.24. The first-order valence-corrected chi connectivity index (χ1v) is 7.97. The van der Waals surface area contributed by atoms with Crippen molar-refractivity contribution in [2.24, 2.45) is 0 Å². The summed E-state index contributed by atoms with van der Waals surface area (Å²) < 4.78 is 0. The summed E-state index contributed by atoms with van der Waals surface area (Å²) in [6.07, 6.45) is 9.31. The molecule has 0 bridgehead atoms. The van der Waals surface area contributed by atoms with Gasteiger partial charge in [-0.15, -0.1) is 0 Å². The van der Waals surface area contributed by atoms with E-state index in [-0.39, 0.29) is 0 Å². The molecule has 1 unspecified atom stereocenters. The van der Waals surface area contributed by atoms with Crippen LogP contribution in [-0.4, -0.2) is 5.11 Å². The lowest BCUT2D eigenvalue weighted by Crippen LogP contribution is -1.99. The van der Waals surface area contributed by atoms with Crippen LogP contribution in [0.15, 0.2) is 18.2 Å². The van der Waals surface area contributed by atoms with Crippen molar-refractivity contribution in [1.29, 1.82) is 0 Å². The van der Waals surface area contributed by atoms with Crippen LogP contribution in [0.3, 0.4) is 0 Å². The number of aliphatic hydroxyl groups excluding tert-OH is 1. The largest absolute Gasteiger partial charge is 0.388 e. The summed E-state index contributed by atoms with van der Waals surface area (Å²) in [5, 5.41) is 10.9. The van der Waals surface area contributed by atoms with E-state index in [1.165, 1.54) is 38.5 Å². The minimum Gasteiger partial charge on any atom is -0.388 e. The number of aryl methyl sites for hydroxylation is 1. The van der Waals surface area contributed by atoms with Crippen LogP contribution >= 0.6 is 11.6 Å². The van der Waals surface area contributed by atoms with Gasteiger partial charge in [0.05, 0.1) is 6.10 Å². The molecule has 0 aromatic heterocycles. The zero-order chi connectivity index (χ0) is 14.1. The molecule has 108 valence electrons. The molecule has 0 amide bonds. The van der Waals surface area contributed by atoms with E-state index >= 15 is 0 Å². The zero-order valence-electron chi connectivity index (χ0n) is 12.3. The lowest BCUT2D eigenvalue weighted by molar-refractivity contribution is 0.163. The van der Waals surface area contributed by atoms with E-state index in [1.807, 2.05) is 25.1 Å². The van der Waals surface area contributed by atoms with E-state index in [9.17, 15) is 5.11 Å². The van der Waals surface area contributed by atoms with Gasteiger partial charge in [0.15, 0.2) is 0 Å². The summed E-state index contributed by atoms with van der Waals surface area (Å²) in [6.45, 7) is 4.22. The number of hydrogen-bond donors (Lipinski definition) is 1. The van der Waals surface area contributed by atoms with Crippen molar-refractivity contribution in [3.63, 3.8) is 0 Å². The van der Waals surface area contributed by atoms with Gasteiger partial charge < -0.3 is 5.11 Å². The Labute approximate surface area is 123 Å². The third kappa shape index (κ3) is 5.97. The molecule has 0 spiro atoms. The first-order chi connectivity index (χ1) is 9.16. The van der Waals surface area contributed by atoms with Crippen molar-refractivity contribution in [2.75, 3.05) is 0 Å². The van der Waals surface area contributed by atoms with Gasteiger partial charge in [-0.3, -0.25) is 0 Å². The van der Waals surface area contributed by atoms with E-state index in [1.54, 1.807) is 0 Å². The molecule has 0 aliphatic carbocycles. The van der Waals surface area contributed by atoms with Gasteiger partial charge >= 0.3 is 0 Å². The second-order valence-corrected chi connectivity index (χ2v) is 5.78. The van der Waals surface area contributed by atoms with E-state index in [4.69, 9.17) is 11.6 Å². The van der Waals surface area contributed by atoms with Gasteiger partial charge in [0.25, 0.3) is 0 Å². The number of rotatable bonds is 9. The highest BCUT2D eigenvalue weighted by Crippen LogP contribution is 2.29. The number of aliphatic hydroxyl groups is 1. The molecule has 2 heteroatoms. The zero-order valence-corrected chi connectivity index (χ0v) is 13.0. The van der Waals surface area contributed by atoms with Crippen molar-refractivity contribution in [3.8, 4) is 0 Å². The van der Waals surface area contributed by atoms with Gasteiger partial charge in [0, 0.05) is 5.02 Å². The van der Waals surface area contributed by atoms with Gasteiger partial charge in [0.1, 0.15) is 0 Å². The van der Waals surface area contributed by atoms with E-state index in [2.05, 4.69) is 6.92 Å². The van der Waals surface area contributed by atoms with Crippen LogP contribution in [-0.2, 0) is 0 Å². The SMILES string of the molecule is CCCCCCCCCC(O)c1cccc(C)c1Cl. The lowest BCUT2D eigenvalue weighted by atomic mass is 10.0. The van der Waals surface area contributed by atoms with Crippen molar-refractivity contribution in [3.05, 3.63) is 34.3 Å². The molecule has 1 aromatic carbocycles. The van der Waals surface area contributed by atoms with E-state index in [0.29, 0.717) is 0 Å². The molecular weight excluding hydrogens is 256 g/mol. The van der Waals surface area contributed by atoms with Gasteiger partial charge in [0.2, 0.25) is 0 Å². The summed E-state index contributed by atoms with van der Waals surface area (Å²) >= 11 is 6.23. The Morgan fingerprint density at radius 2 is 1.68 bits per heavy atom. The number of hydrogen-bond acceptors (Lipinski definition) is 1. The van der Waals surface area contributed by atoms with Gasteiger partial charge in [-0.05, 0) is 24.5 Å². The highest BCUT2D eigenvalue weighted by Gasteiger charge is 2.12. The maximum Gasteiger partial charge on any atom is 0.0804 e. The van der Waals surface area contributed by atoms with Crippen molar-refractivity contribution >= 4 is 11.6 Å². The van der Waals surface area contributed by atoms with Gasteiger partial charge in [-0.1, -0.05) is 81.7 Å². The van der Waals surface area contributed by atoms with Crippen LogP contribution in [0.4, 0.5) is 0 Å². The minimum absolute atomic E-state index is 0.414. The summed E-state index contributed by atoms with van der Waals surface area (Å²) in [5.74, 6) is 0. The molecule has 1 N–H and O–H groups in total. The Morgan fingerprint density at radius 3 is 2.37 bits per heavy atom. The maximum atomic E-state index is 10.2. The summed E-state index contributed by atoms with van der Waals surface area (Å²) in [5.41, 5.74) is 1.92. The molecule has 0 saturated carbocycles. The van der Waals surface area contributed by atoms with Crippen molar-refractivity contribution in [2.45, 2.75) is 71.3 Å². The normalized spacial score (nSPS) is 12.6. The molecular formula is C17H27ClO. The second-order valence-electron chi connectivity index (χ2n) is 5.40. The average Bonchev–Trinajstić information content (AvgIpc) is 2.40. The maximum absolute atomic E-state index is 10.2. The standard InChI is InChI=1S/C17H27ClO/c1-3-4-5-6-7-8-9-13-16(19)15-12-10-11-14(2)17(15)18/h10-12,16,19H,3-9,13H2,1-2H3. The van der Waals surface area contributed by atoms with Crippen LogP contribution in [0.25, 0.3) is 0 Å². The monoisotopic (exact) mass is 282 g/mol. The fourth-order valence-electron chi connectivity index (χ4n) is 2.38. The first kappa shape index (κ1) is 16.5. The Hall–Kier alpha value is -0.530. The van der Waals surface area contributed by atoms with Crippen LogP contribution in [0, 0.1) is 6.92 Å². The molecule has 0 aliphatic rings. The predicted octanol–water partition coefficient (Wildman–Crippen LogP) is 5.82. The molecule has 19 heavy (non-hydrogen) atoms. The molecule has 1 aromatic rings. The number of halogens is 1. The third-order valence-corrected chi connectivity index (χ3v) is 4.18. The third-order valence-electron chi connectivity index (χ3n) is 3.66. The first-order valence-electron chi connectivity index (χ1n) is 7.60. The highest BCUT2D eigenvalue weighted by atomic mass is 35.5. The van der Waals surface area contributed by atoms with Crippen LogP contribution < -0.4 is 0 Å². The summed E-state index contributed by atoms with van der Waals surface area (Å²) in [6, 6.07) is 5.87. The molecule has 0 heterocycles. The molecule has 0 aliphatic heterocycles. The number of benzene rings is 1. The lowest BCUT2D eigenvalue weighted by Gasteiger charge is -2.13. The molecule has 1 rings (SSSR count). The molecule has 0 saturated heterocycles. The average molecular weight is 283 g/mol. The molecule has 0 radical (unpaired) electrons. The predicted molar refractivity (Wildman–Crippen MR) is 83.8 cm³/mol. The topological polar surface area (TPSA) is 20.2 Å². The van der Waals surface area contributed by atoms with E-state index in [0.717, 1.165) is 29.0 Å². The van der Waals surface area contributed by atoms with Crippen LogP contribution in [0.5, 0.6) is 0 Å². The number of unbranched alkanes of at least 4 members (excludes halogenated alkanes) is 6. The minimum atomic E-state index is -0.414. The molecule has 1 atom stereocenters. The van der Waals surface area contributed by atoms with Crippen LogP contribution in [0.2, 0.25) is 5.02 Å². The quantitative estimate of drug-likeness (QED) is 0.566. The fraction of sp³-hybridized carbons (Fsp3) is 0.647. The Morgan fingerprint density at radius 1 is 1.05 bits per heavy atom. The highest BCUT2D eigenvalue weighted by molar-refractivity contribution is 6.32. The van der Waals surface area contributed by atoms with E-state index < -0.39 is 6.10 Å². The van der Waals surface area contributed by atoms with Crippen molar-refractivity contribution in [1.82, 2.24) is 0 Å². The van der Waals surface area contributed by atoms with Crippen LogP contribution in [0.1, 0.15) is 75.5 Å². The van der Waals surface area contributed by atoms with Gasteiger partial charge in [-0.2, -0.15) is 0 Å². The summed E-state index contributed by atoms with van der Waals surface area (Å²) in [7, 11) is 0.